The van der Waals surface area contributed by atoms with Crippen LogP contribution in [-0.4, -0.2) is 13.2 Å². The van der Waals surface area contributed by atoms with Gasteiger partial charge in [-0.05, 0) is 44.0 Å². The molecule has 0 aromatic heterocycles. The molecule has 0 atom stereocenters. The summed E-state index contributed by atoms with van der Waals surface area (Å²) in [6, 6.07) is 3.84. The first kappa shape index (κ1) is 9.34. The monoisotopic (exact) mass is 306 g/mol. The van der Waals surface area contributed by atoms with Crippen molar-refractivity contribution in [2.24, 2.45) is 0 Å². The minimum atomic E-state index is 0.723. The van der Waals surface area contributed by atoms with Gasteiger partial charge in [0.1, 0.15) is 0 Å². The van der Waals surface area contributed by atoms with Crippen LogP contribution >= 0.6 is 31.9 Å². The van der Waals surface area contributed by atoms with Crippen LogP contribution in [0.4, 0.5) is 0 Å². The van der Waals surface area contributed by atoms with Gasteiger partial charge in [-0.25, -0.2) is 0 Å². The standard InChI is InChI=1S/C9H8Br2O2/c10-6-4-8-9(5-7(6)11)13-3-1-2-12-8/h4-5H,1-3H2. The van der Waals surface area contributed by atoms with Crippen LogP contribution in [0.1, 0.15) is 6.42 Å². The summed E-state index contributed by atoms with van der Waals surface area (Å²) >= 11 is 6.83. The summed E-state index contributed by atoms with van der Waals surface area (Å²) < 4.78 is 13.0. The van der Waals surface area contributed by atoms with E-state index in [1.165, 1.54) is 0 Å². The molecule has 0 amide bonds. The molecule has 2 rings (SSSR count). The van der Waals surface area contributed by atoms with Crippen LogP contribution in [0.5, 0.6) is 11.5 Å². The highest BCUT2D eigenvalue weighted by atomic mass is 79.9. The zero-order chi connectivity index (χ0) is 9.26. The van der Waals surface area contributed by atoms with Gasteiger partial charge in [0.2, 0.25) is 0 Å². The summed E-state index contributed by atoms with van der Waals surface area (Å²) in [7, 11) is 0. The van der Waals surface area contributed by atoms with E-state index < -0.39 is 0 Å². The van der Waals surface area contributed by atoms with Crippen LogP contribution in [0.25, 0.3) is 0 Å². The zero-order valence-corrected chi connectivity index (χ0v) is 10.0. The minimum Gasteiger partial charge on any atom is -0.490 e. The molecule has 1 aliphatic rings. The molecule has 1 aromatic rings. The van der Waals surface area contributed by atoms with Crippen LogP contribution in [0.15, 0.2) is 21.1 Å². The van der Waals surface area contributed by atoms with Gasteiger partial charge >= 0.3 is 0 Å². The Hall–Kier alpha value is -0.220. The molecule has 1 aromatic carbocycles. The Morgan fingerprint density at radius 1 is 0.923 bits per heavy atom. The maximum absolute atomic E-state index is 5.51. The SMILES string of the molecule is Brc1cc2c(cc1Br)OCCCO2. The normalized spacial score (nSPS) is 15.2. The molecule has 2 nitrogen and oxygen atoms in total. The van der Waals surface area contributed by atoms with E-state index in [0.29, 0.717) is 0 Å². The smallest absolute Gasteiger partial charge is 0.162 e. The van der Waals surface area contributed by atoms with E-state index in [1.54, 1.807) is 0 Å². The van der Waals surface area contributed by atoms with Crippen molar-refractivity contribution in [1.82, 2.24) is 0 Å². The van der Waals surface area contributed by atoms with Crippen molar-refractivity contribution < 1.29 is 9.47 Å². The molecule has 0 aliphatic carbocycles. The zero-order valence-electron chi connectivity index (χ0n) is 6.85. The molecular formula is C9H8Br2O2. The van der Waals surface area contributed by atoms with E-state index >= 15 is 0 Å². The van der Waals surface area contributed by atoms with Gasteiger partial charge in [-0.1, -0.05) is 0 Å². The van der Waals surface area contributed by atoms with Crippen molar-refractivity contribution in [2.75, 3.05) is 13.2 Å². The highest BCUT2D eigenvalue weighted by Gasteiger charge is 2.12. The van der Waals surface area contributed by atoms with Gasteiger partial charge in [0, 0.05) is 15.4 Å². The van der Waals surface area contributed by atoms with E-state index in [0.717, 1.165) is 40.1 Å². The van der Waals surface area contributed by atoms with Gasteiger partial charge in [0.15, 0.2) is 11.5 Å². The number of fused-ring (bicyclic) bond motifs is 1. The number of halogens is 2. The van der Waals surface area contributed by atoms with E-state index in [4.69, 9.17) is 9.47 Å². The lowest BCUT2D eigenvalue weighted by molar-refractivity contribution is 0.297. The van der Waals surface area contributed by atoms with Gasteiger partial charge < -0.3 is 9.47 Å². The summed E-state index contributed by atoms with van der Waals surface area (Å²) in [5.41, 5.74) is 0. The fraction of sp³-hybridized carbons (Fsp3) is 0.333. The molecule has 1 heterocycles. The topological polar surface area (TPSA) is 18.5 Å². The van der Waals surface area contributed by atoms with Gasteiger partial charge in [0.05, 0.1) is 13.2 Å². The quantitative estimate of drug-likeness (QED) is 0.731. The molecule has 0 saturated heterocycles. The highest BCUT2D eigenvalue weighted by molar-refractivity contribution is 9.13. The lowest BCUT2D eigenvalue weighted by atomic mass is 10.3. The second-order valence-corrected chi connectivity index (χ2v) is 4.47. The fourth-order valence-electron chi connectivity index (χ4n) is 1.16. The molecule has 4 heteroatoms. The predicted molar refractivity (Wildman–Crippen MR) is 57.4 cm³/mol. The molecule has 0 fully saturated rings. The molecule has 0 saturated carbocycles. The molecule has 0 spiro atoms. The van der Waals surface area contributed by atoms with Crippen molar-refractivity contribution in [3.8, 4) is 11.5 Å². The molecule has 13 heavy (non-hydrogen) atoms. The average Bonchev–Trinajstić information content (AvgIpc) is 2.31. The van der Waals surface area contributed by atoms with Crippen molar-refractivity contribution >= 4 is 31.9 Å². The Bertz CT molecular complexity index is 295. The average molecular weight is 308 g/mol. The Morgan fingerprint density at radius 3 is 1.85 bits per heavy atom. The number of benzene rings is 1. The van der Waals surface area contributed by atoms with Crippen LogP contribution in [-0.2, 0) is 0 Å². The van der Waals surface area contributed by atoms with Crippen molar-refractivity contribution in [3.05, 3.63) is 21.1 Å². The lowest BCUT2D eigenvalue weighted by Crippen LogP contribution is -1.97. The summed E-state index contributed by atoms with van der Waals surface area (Å²) in [4.78, 5) is 0. The molecule has 0 radical (unpaired) electrons. The summed E-state index contributed by atoms with van der Waals surface area (Å²) in [5, 5.41) is 0. The minimum absolute atomic E-state index is 0.723. The van der Waals surface area contributed by atoms with Gasteiger partial charge in [-0.15, -0.1) is 0 Å². The van der Waals surface area contributed by atoms with Crippen molar-refractivity contribution in [1.29, 1.82) is 0 Å². The van der Waals surface area contributed by atoms with Gasteiger partial charge in [0.25, 0.3) is 0 Å². The molecule has 1 aliphatic heterocycles. The van der Waals surface area contributed by atoms with E-state index in [1.807, 2.05) is 12.1 Å². The first-order chi connectivity index (χ1) is 6.27. The van der Waals surface area contributed by atoms with Gasteiger partial charge in [-0.2, -0.15) is 0 Å². The highest BCUT2D eigenvalue weighted by Crippen LogP contribution is 2.37. The molecule has 0 unspecified atom stereocenters. The fourth-order valence-corrected chi connectivity index (χ4v) is 1.80. The number of rotatable bonds is 0. The molecular weight excluding hydrogens is 300 g/mol. The number of hydrogen-bond acceptors (Lipinski definition) is 2. The summed E-state index contributed by atoms with van der Waals surface area (Å²) in [6.07, 6.45) is 0.934. The first-order valence-electron chi connectivity index (χ1n) is 4.02. The van der Waals surface area contributed by atoms with E-state index in [2.05, 4.69) is 31.9 Å². The second kappa shape index (κ2) is 3.88. The van der Waals surface area contributed by atoms with Crippen LogP contribution < -0.4 is 9.47 Å². The number of hydrogen-bond donors (Lipinski definition) is 0. The summed E-state index contributed by atoms with van der Waals surface area (Å²) in [5.74, 6) is 1.63. The molecule has 70 valence electrons. The maximum atomic E-state index is 5.51. The molecule has 0 bridgehead atoms. The van der Waals surface area contributed by atoms with E-state index in [-0.39, 0.29) is 0 Å². The Kier molecular flexibility index (Phi) is 2.79. The van der Waals surface area contributed by atoms with Crippen LogP contribution in [0.2, 0.25) is 0 Å². The third kappa shape index (κ3) is 1.99. The van der Waals surface area contributed by atoms with Crippen molar-refractivity contribution in [3.63, 3.8) is 0 Å². The Labute approximate surface area is 93.5 Å². The lowest BCUT2D eigenvalue weighted by Gasteiger charge is -2.08. The largest absolute Gasteiger partial charge is 0.490 e. The Morgan fingerprint density at radius 2 is 1.38 bits per heavy atom. The van der Waals surface area contributed by atoms with E-state index in [9.17, 15) is 0 Å². The second-order valence-electron chi connectivity index (χ2n) is 2.76. The summed E-state index contributed by atoms with van der Waals surface area (Å²) in [6.45, 7) is 1.45. The first-order valence-corrected chi connectivity index (χ1v) is 5.60. The van der Waals surface area contributed by atoms with Crippen LogP contribution in [0.3, 0.4) is 0 Å². The number of ether oxygens (including phenoxy) is 2. The molecule has 0 N–H and O–H groups in total. The van der Waals surface area contributed by atoms with Gasteiger partial charge in [-0.3, -0.25) is 0 Å². The van der Waals surface area contributed by atoms with Crippen LogP contribution in [0, 0.1) is 0 Å². The van der Waals surface area contributed by atoms with Crippen molar-refractivity contribution in [2.45, 2.75) is 6.42 Å². The predicted octanol–water partition coefficient (Wildman–Crippen LogP) is 3.37. The third-order valence-corrected chi connectivity index (χ3v) is 3.63. The maximum Gasteiger partial charge on any atom is 0.162 e. The Balaban J connectivity index is 2.43. The third-order valence-electron chi connectivity index (χ3n) is 1.79.